The molecule has 0 amide bonds. The number of alkyl halides is 4. The van der Waals surface area contributed by atoms with E-state index >= 15 is 17.6 Å². The Kier molecular flexibility index (Phi) is 26.2. The van der Waals surface area contributed by atoms with Crippen LogP contribution in [0.1, 0.15) is 103 Å². The van der Waals surface area contributed by atoms with Gasteiger partial charge in [0.25, 0.3) is 22.2 Å². The summed E-state index contributed by atoms with van der Waals surface area (Å²) >= 11 is 0. The van der Waals surface area contributed by atoms with Gasteiger partial charge in [0, 0.05) is 72.7 Å². The SMILES string of the molecule is COc1cccc2c1OP(=O)(OC[C@]1(F)C[C@@H](O)[C@H](n3cc(CO)c(=O)[nH]c3=O)O1)OC2.[2H]C([2H])(OP1(=O)OCc2cccc(OC)c2O1)[C@]1(F)C[C@@H](O)[C@H](n2cc(CO)c(=O)[nH]c2=O)O1.[2H]C([2H])(OP1(=O)OCc2cccc(OC)c2O1)[C@]1(F)C[C@@H](O)[C@]([2H])(n2cc(CO)c(=O)[nH]c2=O)O1.[2H][C@@]1(n2cc(CO)c(=O)[nH]c2=O)O[C@](F)(COP2(=O)OCc3cccc(OC)c3O2)C[C@H]1O. The van der Waals surface area contributed by atoms with E-state index in [-0.39, 0.29) is 93.7 Å². The second kappa shape index (κ2) is 38.5. The number of para-hydroxylation sites is 4. The summed E-state index contributed by atoms with van der Waals surface area (Å²) in [6.45, 7) is -13.3. The molecule has 0 bridgehead atoms. The normalized spacial score (nSPS) is 31.4. The maximum Gasteiger partial charge on any atom is 0.530 e. The maximum absolute atomic E-state index is 15.8. The average Bonchev–Trinajstić information content (AvgIpc) is 1.55. The first-order valence-corrected chi connectivity index (χ1v) is 42.9. The Morgan fingerprint density at radius 2 is 0.641 bits per heavy atom. The summed E-state index contributed by atoms with van der Waals surface area (Å²) in [7, 11) is -12.8. The number of benzene rings is 4. The monoisotopic (exact) mass is 1900 g/mol. The molecule has 4 unspecified atom stereocenters. The molecule has 16 rings (SSSR count). The summed E-state index contributed by atoms with van der Waals surface area (Å²) < 4.78 is 267. The van der Waals surface area contributed by atoms with Crippen molar-refractivity contribution in [2.24, 2.45) is 0 Å². The standard InChI is InChI=1S/4C18H20FN2O10P/c4*1-27-13-4-2-3-10-8-28-32(26,31-14(10)13)29-9-18(19)5-12(23)16(30-18)21-6-11(7-22)15(24)20-17(21)25/h4*2-4,6,12,16,22-23H,5,7-9H2,1H3,(H,20,24,25)/t4*12-,16-,18+,32?/m1111/s1/i9D2,16D;16D;9D2;. The average molecular weight is 1900 g/mol. The van der Waals surface area contributed by atoms with Crippen molar-refractivity contribution in [1.29, 1.82) is 0 Å². The number of phosphoric ester groups is 4. The molecular weight excluding hydrogens is 1820 g/mol. The van der Waals surface area contributed by atoms with Gasteiger partial charge in [-0.1, -0.05) is 48.5 Å². The summed E-state index contributed by atoms with van der Waals surface area (Å²) in [6.07, 6.45) is -17.0. The van der Waals surface area contributed by atoms with Gasteiger partial charge in [0.15, 0.2) is 70.9 Å². The Bertz CT molecular complexity index is 6490. The van der Waals surface area contributed by atoms with E-state index in [0.717, 1.165) is 23.2 Å². The highest BCUT2D eigenvalue weighted by Gasteiger charge is 2.56. The van der Waals surface area contributed by atoms with Crippen molar-refractivity contribution in [2.75, 3.05) is 54.8 Å². The molecule has 16 atom stereocenters. The van der Waals surface area contributed by atoms with Gasteiger partial charge in [-0.3, -0.25) is 93.6 Å². The molecule has 0 radical (unpaired) electrons. The van der Waals surface area contributed by atoms with E-state index in [0.29, 0.717) is 37.6 Å². The number of nitrogens with zero attached hydrogens (tertiary/aromatic N) is 4. The number of ether oxygens (including phenoxy) is 8. The van der Waals surface area contributed by atoms with Gasteiger partial charge in [-0.15, -0.1) is 0 Å². The fourth-order valence-corrected chi connectivity index (χ4v) is 17.6. The molecule has 0 aliphatic carbocycles. The van der Waals surface area contributed by atoms with Gasteiger partial charge in [-0.2, -0.15) is 0 Å². The first kappa shape index (κ1) is 87.2. The van der Waals surface area contributed by atoms with Crippen molar-refractivity contribution in [3.05, 3.63) is 225 Å². The highest BCUT2D eigenvalue weighted by Crippen LogP contribution is 2.62. The molecule has 56 heteroatoms. The van der Waals surface area contributed by atoms with Gasteiger partial charge in [0.1, 0.15) is 50.7 Å². The topological polar surface area (TPSA) is 634 Å². The molecule has 8 aliphatic rings. The number of fused-ring (bicyclic) bond motifs is 4. The number of halogens is 4. The molecule has 0 saturated carbocycles. The van der Waals surface area contributed by atoms with E-state index in [1.54, 1.807) is 65.6 Å². The number of nitrogens with one attached hydrogen (secondary N) is 4. The fourth-order valence-electron chi connectivity index (χ4n) is 12.9. The number of rotatable bonds is 24. The molecule has 12 N–H and O–H groups in total. The number of hydrogen-bond donors (Lipinski definition) is 12. The lowest BCUT2D eigenvalue weighted by atomic mass is 10.2. The summed E-state index contributed by atoms with van der Waals surface area (Å²) in [4.78, 5) is 103. The third-order valence-corrected chi connectivity index (χ3v) is 24.0. The summed E-state index contributed by atoms with van der Waals surface area (Å²) in [5.41, 5.74) is -7.49. The first-order chi connectivity index (χ1) is 62.9. The van der Waals surface area contributed by atoms with Crippen LogP contribution < -0.4 is 82.0 Å². The van der Waals surface area contributed by atoms with E-state index < -0.39 is 233 Å². The quantitative estimate of drug-likeness (QED) is 0.0306. The predicted octanol–water partition coefficient (Wildman–Crippen LogP) is 2.87. The third-order valence-electron chi connectivity index (χ3n) is 19.1. The molecule has 4 saturated heterocycles. The number of hydrogen-bond acceptors (Lipinski definition) is 40. The Labute approximate surface area is 721 Å². The molecule has 4 fully saturated rings. The van der Waals surface area contributed by atoms with Crippen molar-refractivity contribution < 1.29 is 177 Å². The summed E-state index contributed by atoms with van der Waals surface area (Å²) in [5.74, 6) is -11.7. The van der Waals surface area contributed by atoms with Crippen molar-refractivity contribution in [2.45, 2.75) is 151 Å². The van der Waals surface area contributed by atoms with Crippen LogP contribution in [-0.4, -0.2) is 182 Å². The minimum Gasteiger partial charge on any atom is -0.493 e. The fraction of sp³-hybridized carbons (Fsp3) is 0.444. The number of aliphatic hydroxyl groups is 8. The molecule has 4 aromatic heterocycles. The van der Waals surface area contributed by atoms with Crippen LogP contribution in [0.15, 0.2) is 136 Å². The van der Waals surface area contributed by atoms with Crippen molar-refractivity contribution >= 4 is 31.3 Å². The van der Waals surface area contributed by atoms with Crippen molar-refractivity contribution in [3.8, 4) is 46.0 Å². The predicted molar refractivity (Wildman–Crippen MR) is 415 cm³/mol. The van der Waals surface area contributed by atoms with Crippen LogP contribution in [0.4, 0.5) is 17.6 Å². The molecule has 8 aromatic rings. The molecule has 696 valence electrons. The molecule has 12 heterocycles. The minimum absolute atomic E-state index is 0.0372. The van der Waals surface area contributed by atoms with Crippen molar-refractivity contribution in [1.82, 2.24) is 38.2 Å². The largest absolute Gasteiger partial charge is 0.530 e. The number of H-pyrrole nitrogens is 4. The van der Waals surface area contributed by atoms with Crippen LogP contribution in [0.25, 0.3) is 0 Å². The van der Waals surface area contributed by atoms with E-state index in [1.807, 2.05) is 15.0 Å². The van der Waals surface area contributed by atoms with Crippen LogP contribution in [0.3, 0.4) is 0 Å². The zero-order valence-corrected chi connectivity index (χ0v) is 69.9. The highest BCUT2D eigenvalue weighted by atomic mass is 31.2. The Morgan fingerprint density at radius 1 is 0.391 bits per heavy atom. The van der Waals surface area contributed by atoms with E-state index in [2.05, 4.69) is 0 Å². The van der Waals surface area contributed by atoms with Gasteiger partial charge < -0.3 is 96.8 Å². The molecule has 48 nitrogen and oxygen atoms in total. The lowest BCUT2D eigenvalue weighted by Crippen LogP contribution is -2.37. The van der Waals surface area contributed by atoms with Gasteiger partial charge in [0.2, 0.25) is 23.4 Å². The van der Waals surface area contributed by atoms with Gasteiger partial charge in [-0.25, -0.2) is 55.0 Å². The Hall–Kier alpha value is -10.2. The number of aromatic nitrogens is 8. The van der Waals surface area contributed by atoms with Crippen LogP contribution in [0.2, 0.25) is 0 Å². The van der Waals surface area contributed by atoms with E-state index in [4.69, 9.17) is 100 Å². The number of aromatic amines is 4. The van der Waals surface area contributed by atoms with Gasteiger partial charge in [-0.05, 0) is 24.3 Å². The van der Waals surface area contributed by atoms with Crippen molar-refractivity contribution in [3.63, 3.8) is 0 Å². The second-order valence-electron chi connectivity index (χ2n) is 27.9. The smallest absolute Gasteiger partial charge is 0.493 e. The van der Waals surface area contributed by atoms with Crippen LogP contribution in [0, 0.1) is 0 Å². The van der Waals surface area contributed by atoms with Crippen LogP contribution in [-0.2, 0) is 126 Å². The van der Waals surface area contributed by atoms with E-state index in [9.17, 15) is 97.5 Å². The second-order valence-corrected chi connectivity index (χ2v) is 34.1. The van der Waals surface area contributed by atoms with E-state index in [1.165, 1.54) is 40.6 Å². The third kappa shape index (κ3) is 21.0. The molecule has 0 spiro atoms. The van der Waals surface area contributed by atoms with Gasteiger partial charge in [0.05, 0.1) is 112 Å². The number of phosphoric acid groups is 4. The Morgan fingerprint density at radius 3 is 0.953 bits per heavy atom. The lowest BCUT2D eigenvalue weighted by molar-refractivity contribution is -0.179. The van der Waals surface area contributed by atoms with Crippen LogP contribution >= 0.6 is 31.3 Å². The minimum atomic E-state index is -4.83. The zero-order chi connectivity index (χ0) is 97.8. The van der Waals surface area contributed by atoms with Crippen LogP contribution in [0.5, 0.6) is 46.0 Å². The number of aliphatic hydroxyl groups excluding tert-OH is 8. The summed E-state index contributed by atoms with van der Waals surface area (Å²) in [6, 6.07) is 19.1. The number of methoxy groups -OCH3 is 4. The first-order valence-electron chi connectivity index (χ1n) is 40.1. The summed E-state index contributed by atoms with van der Waals surface area (Å²) in [5, 5.41) is 78.2. The van der Waals surface area contributed by atoms with Gasteiger partial charge >= 0.3 is 54.0 Å². The lowest BCUT2D eigenvalue weighted by Gasteiger charge is -2.28. The molecular formula is C72H80F4N8O40P4. The maximum atomic E-state index is 15.8. The Balaban J connectivity index is 0.000000152. The highest BCUT2D eigenvalue weighted by molar-refractivity contribution is 7.49. The molecule has 4 aromatic carbocycles. The molecule has 128 heavy (non-hydrogen) atoms. The molecule has 8 aliphatic heterocycles. The zero-order valence-electron chi connectivity index (χ0n) is 72.3.